The number of hydrogen-bond donors (Lipinski definition) is 0. The molecular weight excluding hydrogens is 218 g/mol. The number of benzene rings is 1. The Kier molecular flexibility index (Phi) is 4.97. The van der Waals surface area contributed by atoms with Crippen molar-refractivity contribution in [1.82, 2.24) is 4.90 Å². The van der Waals surface area contributed by atoms with E-state index >= 15 is 0 Å². The van der Waals surface area contributed by atoms with E-state index in [9.17, 15) is 4.79 Å². The van der Waals surface area contributed by atoms with Crippen molar-refractivity contribution in [3.8, 4) is 11.5 Å². The number of rotatable bonds is 6. The van der Waals surface area contributed by atoms with E-state index in [1.807, 2.05) is 31.0 Å². The Bertz CT molecular complexity index is 390. The van der Waals surface area contributed by atoms with Crippen LogP contribution in [0.25, 0.3) is 0 Å². The molecule has 4 nitrogen and oxygen atoms in total. The largest absolute Gasteiger partial charge is 0.496 e. The van der Waals surface area contributed by atoms with Gasteiger partial charge in [0.05, 0.1) is 20.8 Å². The van der Waals surface area contributed by atoms with E-state index in [1.54, 1.807) is 14.2 Å². The highest BCUT2D eigenvalue weighted by molar-refractivity contribution is 5.52. The minimum atomic E-state index is 0.411. The van der Waals surface area contributed by atoms with Crippen molar-refractivity contribution >= 4 is 6.29 Å². The summed E-state index contributed by atoms with van der Waals surface area (Å²) < 4.78 is 10.6. The van der Waals surface area contributed by atoms with Gasteiger partial charge in [0.1, 0.15) is 17.8 Å². The Hall–Kier alpha value is -1.55. The topological polar surface area (TPSA) is 38.8 Å². The summed E-state index contributed by atoms with van der Waals surface area (Å²) in [6.07, 6.45) is 0.892. The van der Waals surface area contributed by atoms with E-state index in [1.165, 1.54) is 0 Å². The fourth-order valence-electron chi connectivity index (χ4n) is 1.84. The molecule has 1 rings (SSSR count). The lowest BCUT2D eigenvalue weighted by Gasteiger charge is -2.18. The second-order valence-electron chi connectivity index (χ2n) is 3.95. The first-order chi connectivity index (χ1) is 8.13. The van der Waals surface area contributed by atoms with Crippen LogP contribution in [-0.4, -0.2) is 39.0 Å². The van der Waals surface area contributed by atoms with Crippen LogP contribution in [0.1, 0.15) is 11.1 Å². The van der Waals surface area contributed by atoms with E-state index in [-0.39, 0.29) is 0 Å². The summed E-state index contributed by atoms with van der Waals surface area (Å²) in [6.45, 7) is 3.04. The molecule has 1 aromatic rings. The molecule has 0 saturated heterocycles. The molecule has 0 aliphatic rings. The lowest BCUT2D eigenvalue weighted by molar-refractivity contribution is -0.108. The van der Waals surface area contributed by atoms with Crippen molar-refractivity contribution in [3.05, 3.63) is 23.3 Å². The first-order valence-electron chi connectivity index (χ1n) is 5.46. The van der Waals surface area contributed by atoms with Crippen LogP contribution < -0.4 is 9.47 Å². The van der Waals surface area contributed by atoms with Crippen LogP contribution in [0.2, 0.25) is 0 Å². The summed E-state index contributed by atoms with van der Waals surface area (Å²) in [7, 11) is 5.18. The molecule has 0 aliphatic carbocycles. The van der Waals surface area contributed by atoms with Crippen LogP contribution in [0.3, 0.4) is 0 Å². The van der Waals surface area contributed by atoms with Crippen LogP contribution in [0.15, 0.2) is 12.1 Å². The molecule has 0 radical (unpaired) electrons. The molecule has 0 unspecified atom stereocenters. The molecule has 0 N–H and O–H groups in total. The third-order valence-corrected chi connectivity index (χ3v) is 2.69. The molecule has 0 bridgehead atoms. The van der Waals surface area contributed by atoms with Crippen molar-refractivity contribution in [2.45, 2.75) is 13.5 Å². The first kappa shape index (κ1) is 13.5. The summed E-state index contributed by atoms with van der Waals surface area (Å²) in [6, 6.07) is 3.88. The smallest absolute Gasteiger partial charge is 0.133 e. The highest BCUT2D eigenvalue weighted by Gasteiger charge is 2.12. The normalized spacial score (nSPS) is 10.4. The van der Waals surface area contributed by atoms with Gasteiger partial charge in [-0.3, -0.25) is 4.90 Å². The number of aldehydes is 1. The van der Waals surface area contributed by atoms with E-state index in [0.717, 1.165) is 28.9 Å². The zero-order chi connectivity index (χ0) is 12.8. The molecule has 17 heavy (non-hydrogen) atoms. The summed E-state index contributed by atoms with van der Waals surface area (Å²) in [5.74, 6) is 1.63. The molecule has 0 atom stereocenters. The van der Waals surface area contributed by atoms with Gasteiger partial charge in [0.2, 0.25) is 0 Å². The van der Waals surface area contributed by atoms with E-state index < -0.39 is 0 Å². The van der Waals surface area contributed by atoms with Gasteiger partial charge < -0.3 is 14.3 Å². The molecule has 0 amide bonds. The van der Waals surface area contributed by atoms with Crippen molar-refractivity contribution in [2.24, 2.45) is 0 Å². The second kappa shape index (κ2) is 6.25. The fourth-order valence-corrected chi connectivity index (χ4v) is 1.84. The van der Waals surface area contributed by atoms with Gasteiger partial charge in [-0.25, -0.2) is 0 Å². The van der Waals surface area contributed by atoms with Gasteiger partial charge in [0.15, 0.2) is 0 Å². The van der Waals surface area contributed by atoms with Crippen LogP contribution in [0, 0.1) is 6.92 Å². The molecule has 0 fully saturated rings. The molecule has 0 heterocycles. The Balaban J connectivity index is 2.99. The number of nitrogens with zero attached hydrogens (tertiary/aromatic N) is 1. The summed E-state index contributed by atoms with van der Waals surface area (Å²) in [5.41, 5.74) is 2.03. The summed E-state index contributed by atoms with van der Waals surface area (Å²) in [4.78, 5) is 12.4. The SMILES string of the molecule is COc1ccc(CN(C)CC=O)c(OC)c1C. The van der Waals surface area contributed by atoms with Gasteiger partial charge in [0.25, 0.3) is 0 Å². The van der Waals surface area contributed by atoms with Crippen LogP contribution in [0.5, 0.6) is 11.5 Å². The van der Waals surface area contributed by atoms with Crippen LogP contribution in [0.4, 0.5) is 0 Å². The van der Waals surface area contributed by atoms with E-state index in [2.05, 4.69) is 0 Å². The predicted octanol–water partition coefficient (Wildman–Crippen LogP) is 1.64. The summed E-state index contributed by atoms with van der Waals surface area (Å²) in [5, 5.41) is 0. The van der Waals surface area contributed by atoms with Crippen molar-refractivity contribution in [3.63, 3.8) is 0 Å². The molecule has 0 saturated carbocycles. The van der Waals surface area contributed by atoms with Gasteiger partial charge in [-0.05, 0) is 20.0 Å². The predicted molar refractivity (Wildman–Crippen MR) is 66.7 cm³/mol. The zero-order valence-corrected chi connectivity index (χ0v) is 10.8. The third-order valence-electron chi connectivity index (χ3n) is 2.69. The number of methoxy groups -OCH3 is 2. The van der Waals surface area contributed by atoms with Crippen LogP contribution in [-0.2, 0) is 11.3 Å². The molecule has 1 aromatic carbocycles. The minimum absolute atomic E-state index is 0.411. The van der Waals surface area contributed by atoms with Gasteiger partial charge in [-0.2, -0.15) is 0 Å². The number of hydrogen-bond acceptors (Lipinski definition) is 4. The molecule has 0 aromatic heterocycles. The van der Waals surface area contributed by atoms with Gasteiger partial charge in [-0.1, -0.05) is 6.07 Å². The number of carbonyl (C=O) groups excluding carboxylic acids is 1. The van der Waals surface area contributed by atoms with E-state index in [4.69, 9.17) is 9.47 Å². The Morgan fingerprint density at radius 2 is 2.00 bits per heavy atom. The van der Waals surface area contributed by atoms with E-state index in [0.29, 0.717) is 13.1 Å². The highest BCUT2D eigenvalue weighted by Crippen LogP contribution is 2.31. The first-order valence-corrected chi connectivity index (χ1v) is 5.46. The highest BCUT2D eigenvalue weighted by atomic mass is 16.5. The molecular formula is C13H19NO3. The lowest BCUT2D eigenvalue weighted by Crippen LogP contribution is -2.20. The maximum absolute atomic E-state index is 10.4. The lowest BCUT2D eigenvalue weighted by atomic mass is 10.1. The minimum Gasteiger partial charge on any atom is -0.496 e. The average Bonchev–Trinajstić information content (AvgIpc) is 2.30. The molecule has 94 valence electrons. The maximum Gasteiger partial charge on any atom is 0.133 e. The van der Waals surface area contributed by atoms with Gasteiger partial charge in [-0.15, -0.1) is 0 Å². The summed E-state index contributed by atoms with van der Waals surface area (Å²) >= 11 is 0. The number of likely N-dealkylation sites (N-methyl/N-ethyl adjacent to an activating group) is 1. The van der Waals surface area contributed by atoms with Crippen molar-refractivity contribution < 1.29 is 14.3 Å². The Morgan fingerprint density at radius 3 is 2.53 bits per heavy atom. The molecule has 0 aliphatic heterocycles. The van der Waals surface area contributed by atoms with Gasteiger partial charge >= 0.3 is 0 Å². The Labute approximate surface area is 102 Å². The molecule has 4 heteroatoms. The third kappa shape index (κ3) is 3.20. The van der Waals surface area contributed by atoms with Crippen LogP contribution >= 0.6 is 0 Å². The average molecular weight is 237 g/mol. The zero-order valence-electron chi connectivity index (χ0n) is 10.8. The van der Waals surface area contributed by atoms with Crippen molar-refractivity contribution in [2.75, 3.05) is 27.8 Å². The van der Waals surface area contributed by atoms with Crippen molar-refractivity contribution in [1.29, 1.82) is 0 Å². The monoisotopic (exact) mass is 237 g/mol. The number of ether oxygens (including phenoxy) is 2. The Morgan fingerprint density at radius 1 is 1.29 bits per heavy atom. The molecule has 0 spiro atoms. The standard InChI is InChI=1S/C13H19NO3/c1-10-12(16-3)6-5-11(13(10)17-4)9-14(2)7-8-15/h5-6,8H,7,9H2,1-4H3. The number of carbonyl (C=O) groups is 1. The quantitative estimate of drug-likeness (QED) is 0.705. The fraction of sp³-hybridized carbons (Fsp3) is 0.462. The van der Waals surface area contributed by atoms with Gasteiger partial charge in [0, 0.05) is 17.7 Å². The second-order valence-corrected chi connectivity index (χ2v) is 3.95. The maximum atomic E-state index is 10.4.